The van der Waals surface area contributed by atoms with E-state index in [9.17, 15) is 0 Å². The van der Waals surface area contributed by atoms with Crippen LogP contribution >= 0.6 is 0 Å². The van der Waals surface area contributed by atoms with E-state index in [0.717, 1.165) is 6.54 Å². The van der Waals surface area contributed by atoms with E-state index in [4.69, 9.17) is 0 Å². The molecule has 13 heavy (non-hydrogen) atoms. The molecule has 1 aliphatic rings. The number of nitrogens with one attached hydrogen (secondary N) is 1. The van der Waals surface area contributed by atoms with Gasteiger partial charge in [-0.3, -0.25) is 0 Å². The molecule has 2 rings (SSSR count). The van der Waals surface area contributed by atoms with Gasteiger partial charge in [0.05, 0.1) is 11.4 Å². The standard InChI is InChI=1S/C11H16N2/c1-13-9-5-4-8-12-10-6-2-3-7-11(10)13/h2-3,6-7,12H,4-5,8-9H2,1H3. The number of fused-ring (bicyclic) bond motifs is 1. The number of benzene rings is 1. The Kier molecular flexibility index (Phi) is 2.39. The van der Waals surface area contributed by atoms with E-state index in [1.54, 1.807) is 0 Å². The van der Waals surface area contributed by atoms with Crippen LogP contribution < -0.4 is 10.2 Å². The van der Waals surface area contributed by atoms with Gasteiger partial charge >= 0.3 is 0 Å². The third kappa shape index (κ3) is 1.77. The Hall–Kier alpha value is -1.18. The third-order valence-corrected chi connectivity index (χ3v) is 2.55. The van der Waals surface area contributed by atoms with Crippen molar-refractivity contribution >= 4 is 11.4 Å². The predicted molar refractivity (Wildman–Crippen MR) is 57.4 cm³/mol. The number of para-hydroxylation sites is 2. The highest BCUT2D eigenvalue weighted by molar-refractivity contribution is 5.69. The monoisotopic (exact) mass is 176 g/mol. The van der Waals surface area contributed by atoms with Gasteiger partial charge in [-0.15, -0.1) is 0 Å². The molecule has 70 valence electrons. The minimum atomic E-state index is 1.10. The molecule has 0 aliphatic carbocycles. The molecule has 0 atom stereocenters. The molecule has 0 amide bonds. The SMILES string of the molecule is CN1CCCCNc2ccccc21. The minimum absolute atomic E-state index is 1.10. The summed E-state index contributed by atoms with van der Waals surface area (Å²) in [6.07, 6.45) is 2.54. The van der Waals surface area contributed by atoms with Gasteiger partial charge in [0.25, 0.3) is 0 Å². The normalized spacial score (nSPS) is 16.8. The van der Waals surface area contributed by atoms with Gasteiger partial charge in [0.1, 0.15) is 0 Å². The number of hydrogen-bond donors (Lipinski definition) is 1. The molecular weight excluding hydrogens is 160 g/mol. The highest BCUT2D eigenvalue weighted by Crippen LogP contribution is 2.25. The van der Waals surface area contributed by atoms with Crippen molar-refractivity contribution in [2.24, 2.45) is 0 Å². The Balaban J connectivity index is 2.31. The van der Waals surface area contributed by atoms with Crippen LogP contribution in [0.25, 0.3) is 0 Å². The zero-order valence-corrected chi connectivity index (χ0v) is 8.09. The van der Waals surface area contributed by atoms with Crippen molar-refractivity contribution in [1.29, 1.82) is 0 Å². The van der Waals surface area contributed by atoms with Gasteiger partial charge in [-0.25, -0.2) is 0 Å². The Bertz CT molecular complexity index is 283. The molecule has 0 bridgehead atoms. The van der Waals surface area contributed by atoms with Crippen LogP contribution in [0.2, 0.25) is 0 Å². The van der Waals surface area contributed by atoms with Crippen LogP contribution in [0.1, 0.15) is 12.8 Å². The Morgan fingerprint density at radius 2 is 2.08 bits per heavy atom. The topological polar surface area (TPSA) is 15.3 Å². The summed E-state index contributed by atoms with van der Waals surface area (Å²) >= 11 is 0. The molecule has 1 aromatic rings. The van der Waals surface area contributed by atoms with E-state index < -0.39 is 0 Å². The molecular formula is C11H16N2. The van der Waals surface area contributed by atoms with Crippen molar-refractivity contribution in [2.75, 3.05) is 30.4 Å². The zero-order valence-electron chi connectivity index (χ0n) is 8.09. The van der Waals surface area contributed by atoms with E-state index in [1.165, 1.54) is 30.8 Å². The summed E-state index contributed by atoms with van der Waals surface area (Å²) in [5.74, 6) is 0. The van der Waals surface area contributed by atoms with Crippen LogP contribution in [-0.4, -0.2) is 20.1 Å². The average Bonchev–Trinajstić information content (AvgIpc) is 2.14. The zero-order chi connectivity index (χ0) is 9.10. The second-order valence-corrected chi connectivity index (χ2v) is 3.57. The van der Waals surface area contributed by atoms with E-state index in [2.05, 4.69) is 41.5 Å². The van der Waals surface area contributed by atoms with E-state index in [1.807, 2.05) is 0 Å². The van der Waals surface area contributed by atoms with Crippen molar-refractivity contribution in [3.05, 3.63) is 24.3 Å². The number of hydrogen-bond acceptors (Lipinski definition) is 2. The first-order chi connectivity index (χ1) is 6.38. The summed E-state index contributed by atoms with van der Waals surface area (Å²) < 4.78 is 0. The fourth-order valence-electron chi connectivity index (χ4n) is 1.77. The first kappa shape index (κ1) is 8.42. The summed E-state index contributed by atoms with van der Waals surface area (Å²) in [6.45, 7) is 2.27. The number of rotatable bonds is 0. The van der Waals surface area contributed by atoms with E-state index in [-0.39, 0.29) is 0 Å². The predicted octanol–water partition coefficient (Wildman–Crippen LogP) is 2.33. The van der Waals surface area contributed by atoms with Crippen LogP contribution in [0.4, 0.5) is 11.4 Å². The smallest absolute Gasteiger partial charge is 0.0599 e. The lowest BCUT2D eigenvalue weighted by Gasteiger charge is -2.25. The molecule has 0 radical (unpaired) electrons. The van der Waals surface area contributed by atoms with Crippen molar-refractivity contribution in [1.82, 2.24) is 0 Å². The van der Waals surface area contributed by atoms with Gasteiger partial charge in [-0.05, 0) is 25.0 Å². The maximum absolute atomic E-state index is 3.45. The van der Waals surface area contributed by atoms with Gasteiger partial charge in [0.2, 0.25) is 0 Å². The Morgan fingerprint density at radius 3 is 3.00 bits per heavy atom. The fourth-order valence-corrected chi connectivity index (χ4v) is 1.77. The molecule has 2 nitrogen and oxygen atoms in total. The molecule has 0 spiro atoms. The Labute approximate surface area is 79.6 Å². The first-order valence-electron chi connectivity index (χ1n) is 4.92. The molecule has 1 N–H and O–H groups in total. The minimum Gasteiger partial charge on any atom is -0.383 e. The number of anilines is 2. The first-order valence-corrected chi connectivity index (χ1v) is 4.92. The second-order valence-electron chi connectivity index (χ2n) is 3.57. The maximum Gasteiger partial charge on any atom is 0.0599 e. The summed E-state index contributed by atoms with van der Waals surface area (Å²) in [5.41, 5.74) is 2.59. The van der Waals surface area contributed by atoms with Crippen LogP contribution in [-0.2, 0) is 0 Å². The molecule has 0 aromatic heterocycles. The van der Waals surface area contributed by atoms with E-state index in [0.29, 0.717) is 0 Å². The quantitative estimate of drug-likeness (QED) is 0.652. The summed E-state index contributed by atoms with van der Waals surface area (Å²) in [6, 6.07) is 8.50. The molecule has 0 unspecified atom stereocenters. The van der Waals surface area contributed by atoms with Gasteiger partial charge < -0.3 is 10.2 Å². The van der Waals surface area contributed by atoms with Crippen LogP contribution in [0.15, 0.2) is 24.3 Å². The van der Waals surface area contributed by atoms with Gasteiger partial charge in [-0.2, -0.15) is 0 Å². The molecule has 1 aromatic carbocycles. The Morgan fingerprint density at radius 1 is 1.23 bits per heavy atom. The van der Waals surface area contributed by atoms with Gasteiger partial charge in [0.15, 0.2) is 0 Å². The maximum atomic E-state index is 3.45. The lowest BCUT2D eigenvalue weighted by atomic mass is 10.2. The lowest BCUT2D eigenvalue weighted by Crippen LogP contribution is -2.23. The fraction of sp³-hybridized carbons (Fsp3) is 0.455. The van der Waals surface area contributed by atoms with Crippen molar-refractivity contribution < 1.29 is 0 Å². The van der Waals surface area contributed by atoms with Crippen LogP contribution in [0.5, 0.6) is 0 Å². The summed E-state index contributed by atoms with van der Waals surface area (Å²) in [4.78, 5) is 2.32. The molecule has 0 saturated heterocycles. The van der Waals surface area contributed by atoms with Crippen LogP contribution in [0.3, 0.4) is 0 Å². The average molecular weight is 176 g/mol. The van der Waals surface area contributed by atoms with E-state index >= 15 is 0 Å². The van der Waals surface area contributed by atoms with Crippen molar-refractivity contribution in [3.8, 4) is 0 Å². The second kappa shape index (κ2) is 3.69. The molecule has 1 aliphatic heterocycles. The summed E-state index contributed by atoms with van der Waals surface area (Å²) in [7, 11) is 2.16. The van der Waals surface area contributed by atoms with Gasteiger partial charge in [-0.1, -0.05) is 12.1 Å². The lowest BCUT2D eigenvalue weighted by molar-refractivity contribution is 0.732. The van der Waals surface area contributed by atoms with Gasteiger partial charge in [0, 0.05) is 20.1 Å². The van der Waals surface area contributed by atoms with Crippen molar-refractivity contribution in [3.63, 3.8) is 0 Å². The molecule has 1 heterocycles. The highest BCUT2D eigenvalue weighted by Gasteiger charge is 2.08. The number of nitrogens with zero attached hydrogens (tertiary/aromatic N) is 1. The largest absolute Gasteiger partial charge is 0.383 e. The third-order valence-electron chi connectivity index (χ3n) is 2.55. The van der Waals surface area contributed by atoms with Crippen molar-refractivity contribution in [2.45, 2.75) is 12.8 Å². The molecule has 2 heteroatoms. The highest BCUT2D eigenvalue weighted by atomic mass is 15.1. The van der Waals surface area contributed by atoms with Crippen LogP contribution in [0, 0.1) is 0 Å². The summed E-state index contributed by atoms with van der Waals surface area (Å²) in [5, 5.41) is 3.45. The molecule has 0 fully saturated rings. The molecule has 0 saturated carbocycles.